The van der Waals surface area contributed by atoms with Crippen molar-refractivity contribution in [2.24, 2.45) is 23.7 Å². The summed E-state index contributed by atoms with van der Waals surface area (Å²) in [5.74, 6) is 1.62. The van der Waals surface area contributed by atoms with Crippen molar-refractivity contribution < 1.29 is 9.59 Å². The molecule has 4 aliphatic rings. The summed E-state index contributed by atoms with van der Waals surface area (Å²) in [4.78, 5) is 33.3. The van der Waals surface area contributed by atoms with E-state index in [1.54, 1.807) is 23.2 Å². The van der Waals surface area contributed by atoms with Crippen molar-refractivity contribution in [3.05, 3.63) is 60.4 Å². The number of aromatic nitrogens is 1. The Morgan fingerprint density at radius 2 is 1.55 bits per heavy atom. The zero-order valence-corrected chi connectivity index (χ0v) is 16.8. The fourth-order valence-electron chi connectivity index (χ4n) is 6.56. The second-order valence-corrected chi connectivity index (χ2v) is 9.03. The van der Waals surface area contributed by atoms with Crippen LogP contribution in [0.15, 0.2) is 54.7 Å². The summed E-state index contributed by atoms with van der Waals surface area (Å²) in [7, 11) is 1.81. The van der Waals surface area contributed by atoms with Gasteiger partial charge in [0.25, 0.3) is 11.8 Å². The minimum atomic E-state index is -0.808. The zero-order valence-electron chi connectivity index (χ0n) is 16.8. The molecule has 0 aliphatic heterocycles. The molecule has 0 atom stereocenters. The molecule has 0 spiro atoms. The molecule has 1 aromatic carbocycles. The molecule has 1 aromatic heterocycles. The Morgan fingerprint density at radius 1 is 0.931 bits per heavy atom. The van der Waals surface area contributed by atoms with Crippen molar-refractivity contribution in [1.82, 2.24) is 9.88 Å². The van der Waals surface area contributed by atoms with Gasteiger partial charge in [-0.1, -0.05) is 24.3 Å². The van der Waals surface area contributed by atoms with Gasteiger partial charge in [-0.05, 0) is 80.0 Å². The van der Waals surface area contributed by atoms with E-state index in [-0.39, 0.29) is 23.7 Å². The van der Waals surface area contributed by atoms with Crippen LogP contribution in [0.3, 0.4) is 0 Å². The standard InChI is InChI=1S/C24H27N3O2/c1-27(22(28)21-9-5-6-10-25-21)24(23(29)26-20-7-3-2-4-8-20)18-12-16-11-17(14-18)15-19(24)13-16/h2-10,16-19H,11-15H2,1H3,(H,26,29). The second-order valence-electron chi connectivity index (χ2n) is 9.03. The largest absolute Gasteiger partial charge is 0.325 e. The molecule has 0 radical (unpaired) electrons. The van der Waals surface area contributed by atoms with Gasteiger partial charge in [0.05, 0.1) is 0 Å². The highest BCUT2D eigenvalue weighted by Gasteiger charge is 2.64. The average Bonchev–Trinajstić information content (AvgIpc) is 2.74. The van der Waals surface area contributed by atoms with E-state index in [1.807, 2.05) is 43.4 Å². The van der Waals surface area contributed by atoms with Crippen molar-refractivity contribution in [1.29, 1.82) is 0 Å². The van der Waals surface area contributed by atoms with Crippen LogP contribution in [0.1, 0.15) is 42.6 Å². The number of hydrogen-bond acceptors (Lipinski definition) is 3. The van der Waals surface area contributed by atoms with Crippen LogP contribution in [-0.4, -0.2) is 34.3 Å². The fourth-order valence-corrected chi connectivity index (χ4v) is 6.56. The van der Waals surface area contributed by atoms with Crippen LogP contribution in [0.5, 0.6) is 0 Å². The summed E-state index contributed by atoms with van der Waals surface area (Å²) >= 11 is 0. The Kier molecular flexibility index (Phi) is 4.41. The number of pyridine rings is 1. The molecule has 6 rings (SSSR count). The van der Waals surface area contributed by atoms with Gasteiger partial charge in [0.1, 0.15) is 11.2 Å². The summed E-state index contributed by atoms with van der Waals surface area (Å²) in [6, 6.07) is 14.9. The molecule has 1 heterocycles. The van der Waals surface area contributed by atoms with Gasteiger partial charge in [-0.15, -0.1) is 0 Å². The summed E-state index contributed by atoms with van der Waals surface area (Å²) in [5, 5.41) is 3.14. The van der Waals surface area contributed by atoms with Crippen LogP contribution in [0.4, 0.5) is 5.69 Å². The van der Waals surface area contributed by atoms with Gasteiger partial charge in [-0.25, -0.2) is 0 Å². The van der Waals surface area contributed by atoms with Gasteiger partial charge >= 0.3 is 0 Å². The predicted molar refractivity (Wildman–Crippen MR) is 111 cm³/mol. The topological polar surface area (TPSA) is 62.3 Å². The van der Waals surface area contributed by atoms with Gasteiger partial charge in [-0.2, -0.15) is 0 Å². The minimum Gasteiger partial charge on any atom is -0.325 e. The third-order valence-electron chi connectivity index (χ3n) is 7.52. The van der Waals surface area contributed by atoms with Gasteiger partial charge in [0.15, 0.2) is 0 Å². The third kappa shape index (κ3) is 2.86. The number of amides is 2. The molecule has 5 nitrogen and oxygen atoms in total. The Hall–Kier alpha value is -2.69. The van der Waals surface area contributed by atoms with E-state index in [0.717, 1.165) is 31.4 Å². The summed E-state index contributed by atoms with van der Waals surface area (Å²) in [6.45, 7) is 0. The Morgan fingerprint density at radius 3 is 2.14 bits per heavy atom. The molecule has 0 saturated heterocycles. The molecule has 4 bridgehead atoms. The maximum atomic E-state index is 13.9. The first-order valence-electron chi connectivity index (χ1n) is 10.6. The minimum absolute atomic E-state index is 0.0377. The summed E-state index contributed by atoms with van der Waals surface area (Å²) in [6.07, 6.45) is 7.07. The van der Waals surface area contributed by atoms with E-state index in [9.17, 15) is 9.59 Å². The van der Waals surface area contributed by atoms with E-state index in [4.69, 9.17) is 0 Å². The SMILES string of the molecule is CN(C(=O)c1ccccn1)C1(C(=O)Nc2ccccc2)C2CC3CC(C2)CC1C3. The third-order valence-corrected chi connectivity index (χ3v) is 7.52. The predicted octanol–water partition coefficient (Wildman–Crippen LogP) is 3.99. The Bertz CT molecular complexity index is 884. The van der Waals surface area contributed by atoms with Crippen LogP contribution >= 0.6 is 0 Å². The highest BCUT2D eigenvalue weighted by atomic mass is 16.2. The van der Waals surface area contributed by atoms with E-state index in [0.29, 0.717) is 17.5 Å². The lowest BCUT2D eigenvalue weighted by molar-refractivity contribution is -0.154. The van der Waals surface area contributed by atoms with Crippen molar-refractivity contribution in [2.45, 2.75) is 37.6 Å². The number of nitrogens with one attached hydrogen (secondary N) is 1. The lowest BCUT2D eigenvalue weighted by atomic mass is 9.47. The lowest BCUT2D eigenvalue weighted by Crippen LogP contribution is -2.71. The van der Waals surface area contributed by atoms with E-state index in [1.165, 1.54) is 6.42 Å². The monoisotopic (exact) mass is 389 g/mol. The highest BCUT2D eigenvalue weighted by molar-refractivity contribution is 6.03. The number of anilines is 1. The Balaban J connectivity index is 1.55. The lowest BCUT2D eigenvalue weighted by Gasteiger charge is -2.62. The molecule has 29 heavy (non-hydrogen) atoms. The van der Waals surface area contributed by atoms with Crippen LogP contribution in [0.25, 0.3) is 0 Å². The van der Waals surface area contributed by atoms with Crippen LogP contribution in [-0.2, 0) is 4.79 Å². The second kappa shape index (κ2) is 6.97. The maximum Gasteiger partial charge on any atom is 0.273 e. The number of carbonyl (C=O) groups is 2. The number of para-hydroxylation sites is 1. The number of carbonyl (C=O) groups excluding carboxylic acids is 2. The molecule has 4 saturated carbocycles. The highest BCUT2D eigenvalue weighted by Crippen LogP contribution is 2.60. The number of hydrogen-bond donors (Lipinski definition) is 1. The van der Waals surface area contributed by atoms with Crippen LogP contribution < -0.4 is 5.32 Å². The van der Waals surface area contributed by atoms with Crippen molar-refractivity contribution in [2.75, 3.05) is 12.4 Å². The Labute approximate surface area is 171 Å². The molecule has 4 fully saturated rings. The van der Waals surface area contributed by atoms with E-state index >= 15 is 0 Å². The van der Waals surface area contributed by atoms with Crippen LogP contribution in [0.2, 0.25) is 0 Å². The maximum absolute atomic E-state index is 13.9. The summed E-state index contributed by atoms with van der Waals surface area (Å²) in [5.41, 5.74) is 0.373. The zero-order chi connectivity index (χ0) is 20.0. The first-order chi connectivity index (χ1) is 14.1. The molecule has 2 aromatic rings. The molecule has 4 aliphatic carbocycles. The normalized spacial score (nSPS) is 32.0. The molecule has 5 heteroatoms. The number of benzene rings is 1. The van der Waals surface area contributed by atoms with Gasteiger partial charge in [0, 0.05) is 18.9 Å². The molecule has 0 unspecified atom stereocenters. The van der Waals surface area contributed by atoms with Crippen molar-refractivity contribution in [3.8, 4) is 0 Å². The first kappa shape index (κ1) is 18.3. The van der Waals surface area contributed by atoms with Gasteiger partial charge in [-0.3, -0.25) is 14.6 Å². The van der Waals surface area contributed by atoms with E-state index in [2.05, 4.69) is 10.3 Å². The van der Waals surface area contributed by atoms with Crippen molar-refractivity contribution >= 4 is 17.5 Å². The molecule has 2 amide bonds. The molecular weight excluding hydrogens is 362 g/mol. The number of likely N-dealkylation sites (N-methyl/N-ethyl adjacent to an activating group) is 1. The quantitative estimate of drug-likeness (QED) is 0.860. The molecular formula is C24H27N3O2. The number of nitrogens with zero attached hydrogens (tertiary/aromatic N) is 2. The van der Waals surface area contributed by atoms with Crippen LogP contribution in [0, 0.1) is 23.7 Å². The molecule has 150 valence electrons. The van der Waals surface area contributed by atoms with Crippen molar-refractivity contribution in [3.63, 3.8) is 0 Å². The molecule has 1 N–H and O–H groups in total. The smallest absolute Gasteiger partial charge is 0.273 e. The average molecular weight is 389 g/mol. The summed E-state index contributed by atoms with van der Waals surface area (Å²) < 4.78 is 0. The van der Waals surface area contributed by atoms with E-state index < -0.39 is 5.54 Å². The number of rotatable bonds is 4. The van der Waals surface area contributed by atoms with Gasteiger partial charge < -0.3 is 10.2 Å². The fraction of sp³-hybridized carbons (Fsp3) is 0.458. The first-order valence-corrected chi connectivity index (χ1v) is 10.6. The van der Waals surface area contributed by atoms with Gasteiger partial charge in [0.2, 0.25) is 0 Å².